The first-order valence-corrected chi connectivity index (χ1v) is 7.15. The number of nitrogens with one attached hydrogen (secondary N) is 1. The molecule has 0 aromatic carbocycles. The Hall–Kier alpha value is -1.16. The van der Waals surface area contributed by atoms with Crippen LogP contribution in [0.2, 0.25) is 0 Å². The van der Waals surface area contributed by atoms with E-state index in [0.717, 1.165) is 36.6 Å². The third-order valence-corrected chi connectivity index (χ3v) is 3.66. The average molecular weight is 246 g/mol. The van der Waals surface area contributed by atoms with E-state index < -0.39 is 0 Å². The van der Waals surface area contributed by atoms with Gasteiger partial charge in [-0.05, 0) is 38.1 Å². The molecule has 0 saturated heterocycles. The standard InChI is InChI=1S/C14H22N4/c1-2-15-7-12-8-16-9-14(17-12)18(13-5-6-13)10-11-3-4-11/h8-9,11,13,15H,2-7,10H2,1H3. The number of rotatable bonds is 7. The second-order valence-electron chi connectivity index (χ2n) is 5.48. The lowest BCUT2D eigenvalue weighted by atomic mass is 10.3. The van der Waals surface area contributed by atoms with Crippen molar-refractivity contribution >= 4 is 5.82 Å². The van der Waals surface area contributed by atoms with Crippen LogP contribution in [0.4, 0.5) is 5.82 Å². The number of aromatic nitrogens is 2. The molecule has 18 heavy (non-hydrogen) atoms. The fourth-order valence-corrected chi connectivity index (χ4v) is 2.27. The van der Waals surface area contributed by atoms with E-state index in [4.69, 9.17) is 4.98 Å². The van der Waals surface area contributed by atoms with Gasteiger partial charge in [-0.1, -0.05) is 6.92 Å². The lowest BCUT2D eigenvalue weighted by molar-refractivity contribution is 0.684. The van der Waals surface area contributed by atoms with Crippen LogP contribution >= 0.6 is 0 Å². The van der Waals surface area contributed by atoms with E-state index in [1.165, 1.54) is 32.2 Å². The van der Waals surface area contributed by atoms with Crippen LogP contribution in [0.5, 0.6) is 0 Å². The summed E-state index contributed by atoms with van der Waals surface area (Å²) in [6.07, 6.45) is 9.24. The minimum absolute atomic E-state index is 0.731. The lowest BCUT2D eigenvalue weighted by Crippen LogP contribution is -2.29. The van der Waals surface area contributed by atoms with Gasteiger partial charge in [0.15, 0.2) is 0 Å². The molecule has 3 rings (SSSR count). The Kier molecular flexibility index (Phi) is 3.46. The second kappa shape index (κ2) is 5.22. The Bertz CT molecular complexity index is 399. The molecule has 2 aliphatic carbocycles. The van der Waals surface area contributed by atoms with Crippen molar-refractivity contribution in [1.82, 2.24) is 15.3 Å². The molecular formula is C14H22N4. The van der Waals surface area contributed by atoms with E-state index in [1.807, 2.05) is 12.4 Å². The topological polar surface area (TPSA) is 41.1 Å². The third kappa shape index (κ3) is 2.99. The predicted octanol–water partition coefficient (Wildman–Crippen LogP) is 1.96. The molecule has 0 bridgehead atoms. The molecule has 0 atom stereocenters. The summed E-state index contributed by atoms with van der Waals surface area (Å²) < 4.78 is 0. The zero-order chi connectivity index (χ0) is 12.4. The first kappa shape index (κ1) is 11.9. The van der Waals surface area contributed by atoms with E-state index in [1.54, 1.807) is 0 Å². The summed E-state index contributed by atoms with van der Waals surface area (Å²) in [6.45, 7) is 5.09. The number of hydrogen-bond donors (Lipinski definition) is 1. The van der Waals surface area contributed by atoms with Crippen LogP contribution in [0.1, 0.15) is 38.3 Å². The van der Waals surface area contributed by atoms with Crippen LogP contribution in [0.3, 0.4) is 0 Å². The van der Waals surface area contributed by atoms with Gasteiger partial charge in [-0.25, -0.2) is 4.98 Å². The molecule has 98 valence electrons. The number of nitrogens with zero attached hydrogens (tertiary/aromatic N) is 3. The molecule has 0 aliphatic heterocycles. The molecule has 0 amide bonds. The van der Waals surface area contributed by atoms with Crippen LogP contribution in [-0.4, -0.2) is 29.1 Å². The van der Waals surface area contributed by atoms with Crippen LogP contribution < -0.4 is 10.2 Å². The summed E-state index contributed by atoms with van der Waals surface area (Å²) in [4.78, 5) is 11.6. The minimum Gasteiger partial charge on any atom is -0.352 e. The van der Waals surface area contributed by atoms with Gasteiger partial charge in [0.05, 0.1) is 11.9 Å². The molecule has 0 spiro atoms. The van der Waals surface area contributed by atoms with Crippen LogP contribution in [0, 0.1) is 5.92 Å². The third-order valence-electron chi connectivity index (χ3n) is 3.66. The first-order valence-electron chi connectivity index (χ1n) is 7.15. The van der Waals surface area contributed by atoms with Crippen molar-refractivity contribution in [3.8, 4) is 0 Å². The summed E-state index contributed by atoms with van der Waals surface area (Å²) in [5, 5.41) is 3.31. The Morgan fingerprint density at radius 1 is 1.28 bits per heavy atom. The van der Waals surface area contributed by atoms with Gasteiger partial charge in [0.2, 0.25) is 0 Å². The van der Waals surface area contributed by atoms with E-state index in [-0.39, 0.29) is 0 Å². The highest BCUT2D eigenvalue weighted by molar-refractivity contribution is 5.40. The summed E-state index contributed by atoms with van der Waals surface area (Å²) in [7, 11) is 0. The van der Waals surface area contributed by atoms with E-state index in [0.29, 0.717) is 0 Å². The van der Waals surface area contributed by atoms with Crippen molar-refractivity contribution in [3.05, 3.63) is 18.1 Å². The molecule has 0 radical (unpaired) electrons. The highest BCUT2D eigenvalue weighted by Gasteiger charge is 2.34. The average Bonchev–Trinajstić information content (AvgIpc) is 3.27. The molecule has 4 nitrogen and oxygen atoms in total. The summed E-state index contributed by atoms with van der Waals surface area (Å²) in [6, 6.07) is 0.731. The first-order chi connectivity index (χ1) is 8.86. The van der Waals surface area contributed by atoms with Gasteiger partial charge >= 0.3 is 0 Å². The molecule has 2 saturated carbocycles. The maximum Gasteiger partial charge on any atom is 0.147 e. The highest BCUT2D eigenvalue weighted by Crippen LogP contribution is 2.36. The fourth-order valence-electron chi connectivity index (χ4n) is 2.27. The Labute approximate surface area is 109 Å². The Balaban J connectivity index is 1.71. The lowest BCUT2D eigenvalue weighted by Gasteiger charge is -2.23. The summed E-state index contributed by atoms with van der Waals surface area (Å²) >= 11 is 0. The molecule has 1 heterocycles. The summed E-state index contributed by atoms with van der Waals surface area (Å²) in [5.41, 5.74) is 1.05. The van der Waals surface area contributed by atoms with E-state index in [9.17, 15) is 0 Å². The van der Waals surface area contributed by atoms with Gasteiger partial charge in [-0.2, -0.15) is 0 Å². The molecule has 4 heteroatoms. The second-order valence-corrected chi connectivity index (χ2v) is 5.48. The van der Waals surface area contributed by atoms with Crippen molar-refractivity contribution in [2.45, 2.75) is 45.2 Å². The maximum absolute atomic E-state index is 4.75. The zero-order valence-electron chi connectivity index (χ0n) is 11.1. The van der Waals surface area contributed by atoms with Crippen molar-refractivity contribution in [2.24, 2.45) is 5.92 Å². The maximum atomic E-state index is 4.75. The van der Waals surface area contributed by atoms with Gasteiger partial charge in [0, 0.05) is 25.3 Å². The van der Waals surface area contributed by atoms with Crippen molar-refractivity contribution in [1.29, 1.82) is 0 Å². The molecule has 2 aliphatic rings. The number of hydrogen-bond acceptors (Lipinski definition) is 4. The smallest absolute Gasteiger partial charge is 0.147 e. The monoisotopic (exact) mass is 246 g/mol. The normalized spacial score (nSPS) is 18.9. The summed E-state index contributed by atoms with van der Waals surface area (Å²) in [5.74, 6) is 1.99. The molecule has 2 fully saturated rings. The van der Waals surface area contributed by atoms with E-state index in [2.05, 4.69) is 22.1 Å². The van der Waals surface area contributed by atoms with Crippen molar-refractivity contribution in [3.63, 3.8) is 0 Å². The van der Waals surface area contributed by atoms with Crippen LogP contribution in [0.15, 0.2) is 12.4 Å². The van der Waals surface area contributed by atoms with Gasteiger partial charge in [-0.15, -0.1) is 0 Å². The van der Waals surface area contributed by atoms with Crippen LogP contribution in [0.25, 0.3) is 0 Å². The predicted molar refractivity (Wildman–Crippen MR) is 72.5 cm³/mol. The molecule has 1 aromatic rings. The molecule has 0 unspecified atom stereocenters. The number of anilines is 1. The molecular weight excluding hydrogens is 224 g/mol. The molecule has 1 N–H and O–H groups in total. The van der Waals surface area contributed by atoms with Gasteiger partial charge in [0.25, 0.3) is 0 Å². The van der Waals surface area contributed by atoms with Crippen LogP contribution in [-0.2, 0) is 6.54 Å². The quantitative estimate of drug-likeness (QED) is 0.798. The highest BCUT2D eigenvalue weighted by atomic mass is 15.2. The zero-order valence-corrected chi connectivity index (χ0v) is 11.1. The Morgan fingerprint density at radius 2 is 2.11 bits per heavy atom. The Morgan fingerprint density at radius 3 is 2.78 bits per heavy atom. The molecule has 1 aromatic heterocycles. The van der Waals surface area contributed by atoms with Crippen molar-refractivity contribution < 1.29 is 0 Å². The van der Waals surface area contributed by atoms with E-state index >= 15 is 0 Å². The van der Waals surface area contributed by atoms with Gasteiger partial charge < -0.3 is 10.2 Å². The van der Waals surface area contributed by atoms with Gasteiger partial charge in [-0.3, -0.25) is 4.98 Å². The van der Waals surface area contributed by atoms with Crippen molar-refractivity contribution in [2.75, 3.05) is 18.0 Å². The fraction of sp³-hybridized carbons (Fsp3) is 0.714. The largest absolute Gasteiger partial charge is 0.352 e. The SMILES string of the molecule is CCNCc1cncc(N(CC2CC2)C2CC2)n1. The van der Waals surface area contributed by atoms with Gasteiger partial charge in [0.1, 0.15) is 5.82 Å². The minimum atomic E-state index is 0.731.